The van der Waals surface area contributed by atoms with Crippen molar-refractivity contribution >= 4 is 16.9 Å². The van der Waals surface area contributed by atoms with Gasteiger partial charge in [0.25, 0.3) is 5.91 Å². The fraction of sp³-hybridized carbons (Fsp3) is 0.400. The molecule has 5 rings (SSSR count). The molecule has 1 aromatic heterocycles. The SMILES string of the molecule is Cc1oc2ccc(OCc3ccccc3)cc2c1C(=O)NC1CC2CC[C@H](C1)N2C. The van der Waals surface area contributed by atoms with Crippen LogP contribution in [0.2, 0.25) is 0 Å². The normalized spacial score (nSPS) is 23.6. The molecule has 2 aromatic carbocycles. The van der Waals surface area contributed by atoms with Crippen molar-refractivity contribution in [3.63, 3.8) is 0 Å². The van der Waals surface area contributed by atoms with Crippen LogP contribution in [0.25, 0.3) is 11.0 Å². The molecular formula is C25H28N2O3. The quantitative estimate of drug-likeness (QED) is 0.671. The third kappa shape index (κ3) is 3.58. The molecule has 1 amide bonds. The zero-order chi connectivity index (χ0) is 20.7. The predicted octanol–water partition coefficient (Wildman–Crippen LogP) is 4.68. The van der Waals surface area contributed by atoms with Crippen LogP contribution in [0.15, 0.2) is 52.9 Å². The Hall–Kier alpha value is -2.79. The molecule has 2 fully saturated rings. The largest absolute Gasteiger partial charge is 0.489 e. The van der Waals surface area contributed by atoms with Gasteiger partial charge < -0.3 is 19.4 Å². The molecule has 0 spiro atoms. The summed E-state index contributed by atoms with van der Waals surface area (Å²) in [6.07, 6.45) is 4.53. The van der Waals surface area contributed by atoms with Crippen LogP contribution in [0.5, 0.6) is 5.75 Å². The van der Waals surface area contributed by atoms with Gasteiger partial charge in [0.2, 0.25) is 0 Å². The third-order valence-electron chi connectivity index (χ3n) is 6.74. The Bertz CT molecular complexity index is 1040. The molecule has 5 heteroatoms. The van der Waals surface area contributed by atoms with Crippen LogP contribution in [-0.4, -0.2) is 36.0 Å². The monoisotopic (exact) mass is 404 g/mol. The number of hydrogen-bond donors (Lipinski definition) is 1. The molecule has 0 aliphatic carbocycles. The number of benzene rings is 2. The number of ether oxygens (including phenoxy) is 1. The van der Waals surface area contributed by atoms with E-state index in [4.69, 9.17) is 9.15 Å². The van der Waals surface area contributed by atoms with E-state index in [2.05, 4.69) is 17.3 Å². The van der Waals surface area contributed by atoms with Crippen molar-refractivity contribution in [2.45, 2.75) is 57.3 Å². The lowest BCUT2D eigenvalue weighted by Crippen LogP contribution is -2.48. The molecule has 30 heavy (non-hydrogen) atoms. The minimum atomic E-state index is -0.0413. The maximum absolute atomic E-state index is 13.2. The first kappa shape index (κ1) is 19.2. The van der Waals surface area contributed by atoms with E-state index in [1.54, 1.807) is 0 Å². The number of hydrogen-bond acceptors (Lipinski definition) is 4. The average molecular weight is 405 g/mol. The molecule has 2 saturated heterocycles. The smallest absolute Gasteiger partial charge is 0.255 e. The van der Waals surface area contributed by atoms with Gasteiger partial charge in [0.15, 0.2) is 0 Å². The highest BCUT2D eigenvalue weighted by atomic mass is 16.5. The lowest BCUT2D eigenvalue weighted by atomic mass is 9.97. The van der Waals surface area contributed by atoms with Crippen molar-refractivity contribution < 1.29 is 13.9 Å². The number of nitrogens with one attached hydrogen (secondary N) is 1. The van der Waals surface area contributed by atoms with Gasteiger partial charge >= 0.3 is 0 Å². The van der Waals surface area contributed by atoms with Gasteiger partial charge in [0, 0.05) is 23.5 Å². The molecule has 2 unspecified atom stereocenters. The number of nitrogens with zero attached hydrogens (tertiary/aromatic N) is 1. The van der Waals surface area contributed by atoms with Crippen LogP contribution in [-0.2, 0) is 6.61 Å². The fourth-order valence-electron chi connectivity index (χ4n) is 5.10. The van der Waals surface area contributed by atoms with Crippen LogP contribution in [0.3, 0.4) is 0 Å². The highest BCUT2D eigenvalue weighted by Crippen LogP contribution is 2.35. The highest BCUT2D eigenvalue weighted by Gasteiger charge is 2.39. The molecule has 156 valence electrons. The molecule has 5 nitrogen and oxygen atoms in total. The summed E-state index contributed by atoms with van der Waals surface area (Å²) in [6.45, 7) is 2.35. The summed E-state index contributed by atoms with van der Waals surface area (Å²) in [6, 6.07) is 17.2. The van der Waals surface area contributed by atoms with Crippen molar-refractivity contribution in [3.05, 3.63) is 65.4 Å². The van der Waals surface area contributed by atoms with Gasteiger partial charge in [-0.1, -0.05) is 30.3 Å². The number of rotatable bonds is 5. The fourth-order valence-corrected chi connectivity index (χ4v) is 5.10. The first-order valence-electron chi connectivity index (χ1n) is 10.8. The van der Waals surface area contributed by atoms with Crippen molar-refractivity contribution in [2.24, 2.45) is 0 Å². The van der Waals surface area contributed by atoms with Gasteiger partial charge in [0.05, 0.1) is 5.56 Å². The van der Waals surface area contributed by atoms with Gasteiger partial charge in [-0.25, -0.2) is 0 Å². The number of furan rings is 1. The first-order valence-corrected chi connectivity index (χ1v) is 10.8. The second kappa shape index (κ2) is 7.80. The van der Waals surface area contributed by atoms with Crippen LogP contribution in [0, 0.1) is 6.92 Å². The second-order valence-electron chi connectivity index (χ2n) is 8.66. The minimum absolute atomic E-state index is 0.0413. The van der Waals surface area contributed by atoms with E-state index in [1.165, 1.54) is 12.8 Å². The topological polar surface area (TPSA) is 54.7 Å². The summed E-state index contributed by atoms with van der Waals surface area (Å²) in [4.78, 5) is 15.7. The van der Waals surface area contributed by atoms with Crippen molar-refractivity contribution in [1.82, 2.24) is 10.2 Å². The van der Waals surface area contributed by atoms with E-state index in [-0.39, 0.29) is 11.9 Å². The van der Waals surface area contributed by atoms with Gasteiger partial charge in [-0.2, -0.15) is 0 Å². The second-order valence-corrected chi connectivity index (χ2v) is 8.66. The summed E-state index contributed by atoms with van der Waals surface area (Å²) in [5.41, 5.74) is 2.45. The zero-order valence-electron chi connectivity index (χ0n) is 17.6. The Morgan fingerprint density at radius 3 is 2.60 bits per heavy atom. The zero-order valence-corrected chi connectivity index (χ0v) is 17.6. The molecular weight excluding hydrogens is 376 g/mol. The molecule has 0 radical (unpaired) electrons. The summed E-state index contributed by atoms with van der Waals surface area (Å²) in [7, 11) is 2.21. The Balaban J connectivity index is 1.34. The van der Waals surface area contributed by atoms with E-state index >= 15 is 0 Å². The molecule has 2 bridgehead atoms. The maximum atomic E-state index is 13.2. The highest BCUT2D eigenvalue weighted by molar-refractivity contribution is 6.07. The van der Waals surface area contributed by atoms with Gasteiger partial charge in [-0.3, -0.25) is 4.79 Å². The molecule has 1 N–H and O–H groups in total. The van der Waals surface area contributed by atoms with Crippen LogP contribution in [0.1, 0.15) is 47.4 Å². The van der Waals surface area contributed by atoms with E-state index in [1.807, 2.05) is 55.5 Å². The Labute approximate surface area is 177 Å². The summed E-state index contributed by atoms with van der Waals surface area (Å²) in [5.74, 6) is 1.34. The standard InChI is InChI=1S/C25H28N2O3/c1-16-24(25(28)26-18-12-19-8-9-20(13-18)27(19)2)22-14-21(10-11-23(22)30-16)29-15-17-6-4-3-5-7-17/h3-7,10-11,14,18-20H,8-9,12-13,15H2,1-2H3,(H,26,28)/t18?,19-,20?/m1/s1. The molecule has 0 saturated carbocycles. The van der Waals surface area contributed by atoms with E-state index in [0.29, 0.717) is 35.6 Å². The Morgan fingerprint density at radius 1 is 1.13 bits per heavy atom. The number of aryl methyl sites for hydroxylation is 1. The summed E-state index contributed by atoms with van der Waals surface area (Å²) < 4.78 is 11.8. The Kier molecular flexibility index (Phi) is 4.99. The van der Waals surface area contributed by atoms with Gasteiger partial charge in [-0.05, 0) is 63.4 Å². The molecule has 2 aliphatic heterocycles. The number of fused-ring (bicyclic) bond motifs is 3. The van der Waals surface area contributed by atoms with Crippen molar-refractivity contribution in [2.75, 3.05) is 7.05 Å². The first-order chi connectivity index (χ1) is 14.6. The van der Waals surface area contributed by atoms with Crippen molar-refractivity contribution in [1.29, 1.82) is 0 Å². The maximum Gasteiger partial charge on any atom is 0.255 e. The minimum Gasteiger partial charge on any atom is -0.489 e. The van der Waals surface area contributed by atoms with E-state index in [0.717, 1.165) is 29.5 Å². The number of piperidine rings is 1. The van der Waals surface area contributed by atoms with E-state index < -0.39 is 0 Å². The summed E-state index contributed by atoms with van der Waals surface area (Å²) >= 11 is 0. The molecule has 2 aliphatic rings. The van der Waals surface area contributed by atoms with Gasteiger partial charge in [-0.15, -0.1) is 0 Å². The molecule has 3 aromatic rings. The number of carbonyl (C=O) groups is 1. The predicted molar refractivity (Wildman–Crippen MR) is 117 cm³/mol. The van der Waals surface area contributed by atoms with Crippen molar-refractivity contribution in [3.8, 4) is 5.75 Å². The lowest BCUT2D eigenvalue weighted by Gasteiger charge is -2.36. The Morgan fingerprint density at radius 2 is 1.87 bits per heavy atom. The average Bonchev–Trinajstić information content (AvgIpc) is 3.16. The molecule has 3 atom stereocenters. The number of amides is 1. The molecule has 3 heterocycles. The third-order valence-corrected chi connectivity index (χ3v) is 6.74. The number of carbonyl (C=O) groups excluding carboxylic acids is 1. The van der Waals surface area contributed by atoms with E-state index in [9.17, 15) is 4.79 Å². The van der Waals surface area contributed by atoms with Gasteiger partial charge in [0.1, 0.15) is 23.7 Å². The van der Waals surface area contributed by atoms with Crippen LogP contribution < -0.4 is 10.1 Å². The van der Waals surface area contributed by atoms with Crippen LogP contribution in [0.4, 0.5) is 0 Å². The summed E-state index contributed by atoms with van der Waals surface area (Å²) in [5, 5.41) is 4.10. The van der Waals surface area contributed by atoms with Crippen LogP contribution >= 0.6 is 0 Å². The lowest BCUT2D eigenvalue weighted by molar-refractivity contribution is 0.0882.